The quantitative estimate of drug-likeness (QED) is 0.852. The number of hydrogen-bond acceptors (Lipinski definition) is 3. The van der Waals surface area contributed by atoms with Crippen LogP contribution in [0.2, 0.25) is 0 Å². The van der Waals surface area contributed by atoms with E-state index in [1.54, 1.807) is 7.11 Å². The Morgan fingerprint density at radius 1 is 1.28 bits per heavy atom. The number of hydrogen-bond donors (Lipinski definition) is 2. The molecule has 2 fully saturated rings. The van der Waals surface area contributed by atoms with Crippen LogP contribution in [0.15, 0.2) is 18.2 Å². The van der Waals surface area contributed by atoms with Crippen LogP contribution in [0, 0.1) is 24.7 Å². The van der Waals surface area contributed by atoms with Crippen LogP contribution in [0.1, 0.15) is 56.2 Å². The average Bonchev–Trinajstić information content (AvgIpc) is 2.54. The van der Waals surface area contributed by atoms with Crippen LogP contribution >= 0.6 is 12.4 Å². The Balaban J connectivity index is 0.00000225. The lowest BCUT2D eigenvalue weighted by molar-refractivity contribution is -0.128. The summed E-state index contributed by atoms with van der Waals surface area (Å²) in [4.78, 5) is 12.8. The maximum absolute atomic E-state index is 12.8. The minimum absolute atomic E-state index is 0. The zero-order chi connectivity index (χ0) is 17.3. The van der Waals surface area contributed by atoms with Gasteiger partial charge >= 0.3 is 0 Å². The molecule has 3 unspecified atom stereocenters. The molecule has 0 heterocycles. The predicted octanol–water partition coefficient (Wildman–Crippen LogP) is 3.76. The Kier molecular flexibility index (Phi) is 6.75. The fraction of sp³-hybridized carbons (Fsp3) is 0.650. The number of amides is 1. The zero-order valence-corrected chi connectivity index (χ0v) is 16.3. The molecule has 0 aliphatic heterocycles. The van der Waals surface area contributed by atoms with Gasteiger partial charge in [-0.25, -0.2) is 0 Å². The van der Waals surface area contributed by atoms with Crippen molar-refractivity contribution < 1.29 is 9.53 Å². The second-order valence-electron chi connectivity index (χ2n) is 7.67. The molecular formula is C20H31ClN2O2. The highest BCUT2D eigenvalue weighted by Crippen LogP contribution is 2.42. The molecule has 2 bridgehead atoms. The highest BCUT2D eigenvalue weighted by atomic mass is 35.5. The largest absolute Gasteiger partial charge is 0.496 e. The van der Waals surface area contributed by atoms with Crippen LogP contribution in [-0.4, -0.2) is 19.1 Å². The second kappa shape index (κ2) is 8.41. The van der Waals surface area contributed by atoms with Gasteiger partial charge in [-0.15, -0.1) is 12.4 Å². The van der Waals surface area contributed by atoms with Gasteiger partial charge in [0.25, 0.3) is 0 Å². The van der Waals surface area contributed by atoms with Gasteiger partial charge < -0.3 is 15.8 Å². The summed E-state index contributed by atoms with van der Waals surface area (Å²) in [5.41, 5.74) is 8.56. The number of rotatable bonds is 4. The number of carbonyl (C=O) groups is 1. The molecule has 2 aliphatic carbocycles. The van der Waals surface area contributed by atoms with Crippen molar-refractivity contribution in [2.75, 3.05) is 7.11 Å². The van der Waals surface area contributed by atoms with E-state index in [1.807, 2.05) is 19.1 Å². The van der Waals surface area contributed by atoms with E-state index < -0.39 is 0 Å². The minimum Gasteiger partial charge on any atom is -0.496 e. The van der Waals surface area contributed by atoms with E-state index >= 15 is 0 Å². The molecule has 0 spiro atoms. The fourth-order valence-corrected chi connectivity index (χ4v) is 4.60. The molecule has 25 heavy (non-hydrogen) atoms. The number of nitrogens with two attached hydrogens (primary N) is 1. The maximum atomic E-state index is 12.8. The first-order chi connectivity index (χ1) is 11.5. The molecular weight excluding hydrogens is 336 g/mol. The molecule has 0 saturated heterocycles. The van der Waals surface area contributed by atoms with Gasteiger partial charge in [0.05, 0.1) is 13.2 Å². The number of halogens is 1. The Hall–Kier alpha value is -1.26. The molecule has 1 amide bonds. The van der Waals surface area contributed by atoms with Crippen LogP contribution in [0.4, 0.5) is 0 Å². The molecule has 3 N–H and O–H groups in total. The summed E-state index contributed by atoms with van der Waals surface area (Å²) in [6.45, 7) is 4.09. The van der Waals surface area contributed by atoms with Gasteiger partial charge in [-0.1, -0.05) is 24.1 Å². The van der Waals surface area contributed by atoms with Crippen molar-refractivity contribution in [3.8, 4) is 5.75 Å². The van der Waals surface area contributed by atoms with Gasteiger partial charge in [0.15, 0.2) is 0 Å². The smallest absolute Gasteiger partial charge is 0.223 e. The molecule has 0 aromatic heterocycles. The predicted molar refractivity (Wildman–Crippen MR) is 103 cm³/mol. The summed E-state index contributed by atoms with van der Waals surface area (Å²) in [5, 5.41) is 3.21. The van der Waals surface area contributed by atoms with Crippen LogP contribution < -0.4 is 15.8 Å². The standard InChI is InChI=1S/C20H30N2O2.ClH/c1-12-7-8-18(24-3)17(9-12)13(2)22-20(23)16-10-14-5-4-6-15(11-16)19(14)21;/h7-9,13-16,19H,4-6,10-11,21H2,1-3H3,(H,22,23);1H. The van der Waals surface area contributed by atoms with Gasteiger partial charge in [0.1, 0.15) is 5.75 Å². The minimum atomic E-state index is -0.0530. The van der Waals surface area contributed by atoms with Gasteiger partial charge in [-0.05, 0) is 57.4 Å². The average molecular weight is 367 g/mol. The molecule has 1 aromatic carbocycles. The van der Waals surface area contributed by atoms with Crippen LogP contribution in [-0.2, 0) is 4.79 Å². The summed E-state index contributed by atoms with van der Waals surface area (Å²) in [7, 11) is 1.67. The van der Waals surface area contributed by atoms with E-state index in [2.05, 4.69) is 18.3 Å². The molecule has 3 rings (SSSR count). The van der Waals surface area contributed by atoms with Crippen molar-refractivity contribution in [3.05, 3.63) is 29.3 Å². The second-order valence-corrected chi connectivity index (χ2v) is 7.67. The van der Waals surface area contributed by atoms with Crippen molar-refractivity contribution in [2.24, 2.45) is 23.5 Å². The van der Waals surface area contributed by atoms with Crippen LogP contribution in [0.5, 0.6) is 5.75 Å². The molecule has 0 radical (unpaired) electrons. The van der Waals surface area contributed by atoms with Gasteiger partial charge in [-0.2, -0.15) is 0 Å². The van der Waals surface area contributed by atoms with E-state index in [4.69, 9.17) is 10.5 Å². The third kappa shape index (κ3) is 4.29. The third-order valence-electron chi connectivity index (χ3n) is 5.99. The van der Waals surface area contributed by atoms with Gasteiger partial charge in [0, 0.05) is 17.5 Å². The highest BCUT2D eigenvalue weighted by molar-refractivity contribution is 5.85. The maximum Gasteiger partial charge on any atom is 0.223 e. The molecule has 3 atom stereocenters. The van der Waals surface area contributed by atoms with Crippen molar-refractivity contribution in [2.45, 2.75) is 58.0 Å². The first-order valence-corrected chi connectivity index (χ1v) is 9.20. The summed E-state index contributed by atoms with van der Waals surface area (Å²) in [6, 6.07) is 6.34. The summed E-state index contributed by atoms with van der Waals surface area (Å²) < 4.78 is 5.46. The number of methoxy groups -OCH3 is 1. The topological polar surface area (TPSA) is 64.3 Å². The van der Waals surface area contributed by atoms with E-state index in [9.17, 15) is 4.79 Å². The molecule has 5 heteroatoms. The number of benzene rings is 1. The SMILES string of the molecule is COc1ccc(C)cc1C(C)NC(=O)C1CC2CCCC(C1)C2N.Cl. The number of fused-ring (bicyclic) bond motifs is 2. The molecule has 4 nitrogen and oxygen atoms in total. The summed E-state index contributed by atoms with van der Waals surface area (Å²) in [5.74, 6) is 2.17. The Morgan fingerprint density at radius 3 is 2.52 bits per heavy atom. The lowest BCUT2D eigenvalue weighted by Gasteiger charge is -2.43. The molecule has 1 aromatic rings. The van der Waals surface area contributed by atoms with E-state index in [0.29, 0.717) is 17.9 Å². The summed E-state index contributed by atoms with van der Waals surface area (Å²) >= 11 is 0. The van der Waals surface area contributed by atoms with E-state index in [0.717, 1.165) is 24.2 Å². The van der Waals surface area contributed by atoms with Crippen molar-refractivity contribution in [1.29, 1.82) is 0 Å². The van der Waals surface area contributed by atoms with Crippen molar-refractivity contribution in [1.82, 2.24) is 5.32 Å². The normalized spacial score (nSPS) is 29.3. The van der Waals surface area contributed by atoms with Crippen molar-refractivity contribution >= 4 is 18.3 Å². The van der Waals surface area contributed by atoms with Crippen LogP contribution in [0.3, 0.4) is 0 Å². The number of aryl methyl sites for hydroxylation is 1. The Morgan fingerprint density at radius 2 is 1.92 bits per heavy atom. The zero-order valence-electron chi connectivity index (χ0n) is 15.5. The summed E-state index contributed by atoms with van der Waals surface area (Å²) in [6.07, 6.45) is 5.53. The van der Waals surface area contributed by atoms with Gasteiger partial charge in [-0.3, -0.25) is 4.79 Å². The first-order valence-electron chi connectivity index (χ1n) is 9.20. The van der Waals surface area contributed by atoms with E-state index in [-0.39, 0.29) is 30.3 Å². The fourth-order valence-electron chi connectivity index (χ4n) is 4.60. The van der Waals surface area contributed by atoms with E-state index in [1.165, 1.54) is 24.8 Å². The van der Waals surface area contributed by atoms with Gasteiger partial charge in [0.2, 0.25) is 5.91 Å². The number of ether oxygens (including phenoxy) is 1. The number of nitrogens with one attached hydrogen (secondary N) is 1. The molecule has 2 saturated carbocycles. The molecule has 140 valence electrons. The lowest BCUT2D eigenvalue weighted by atomic mass is 9.65. The van der Waals surface area contributed by atoms with Crippen molar-refractivity contribution in [3.63, 3.8) is 0 Å². The Labute approximate surface area is 157 Å². The monoisotopic (exact) mass is 366 g/mol. The Bertz CT molecular complexity index is 593. The highest BCUT2D eigenvalue weighted by Gasteiger charge is 2.40. The number of carbonyl (C=O) groups excluding carboxylic acids is 1. The lowest BCUT2D eigenvalue weighted by Crippen LogP contribution is -2.49. The first kappa shape index (κ1) is 20.1. The molecule has 2 aliphatic rings. The van der Waals surface area contributed by atoms with Crippen LogP contribution in [0.25, 0.3) is 0 Å². The third-order valence-corrected chi connectivity index (χ3v) is 5.99.